The zero-order valence-corrected chi connectivity index (χ0v) is 22.3. The molecule has 0 saturated heterocycles. The van der Waals surface area contributed by atoms with Crippen molar-refractivity contribution in [3.05, 3.63) is 77.7 Å². The van der Waals surface area contributed by atoms with E-state index in [1.165, 1.54) is 37.6 Å². The van der Waals surface area contributed by atoms with Crippen LogP contribution in [0.5, 0.6) is 23.0 Å². The van der Waals surface area contributed by atoms with Crippen LogP contribution in [0.25, 0.3) is 10.9 Å². The molecular weight excluding hydrogens is 564 g/mol. The number of ether oxygens (including phenoxy) is 3. The molecule has 13 heteroatoms. The van der Waals surface area contributed by atoms with Crippen molar-refractivity contribution in [1.29, 1.82) is 0 Å². The first-order valence-electron chi connectivity index (χ1n) is 12.4. The molecule has 212 valence electrons. The number of nitrogens with one attached hydrogen (secondary N) is 2. The zero-order chi connectivity index (χ0) is 29.1. The number of carboxylic acids is 1. The van der Waals surface area contributed by atoms with Crippen LogP contribution in [0, 0.1) is 11.2 Å². The SMILES string of the molecule is COc1cc2c(Oc3ccc(NC(=O)C4(C(=O)Nc5cccc(Cl)c5)CC4)cc3F)ccnc2cc1OCC(=O)O.[LiH]. The van der Waals surface area contributed by atoms with Crippen molar-refractivity contribution < 1.29 is 38.1 Å². The van der Waals surface area contributed by atoms with Crippen molar-refractivity contribution in [2.24, 2.45) is 5.41 Å². The molecule has 0 aliphatic heterocycles. The van der Waals surface area contributed by atoms with Crippen LogP contribution in [0.15, 0.2) is 66.9 Å². The number of anilines is 2. The summed E-state index contributed by atoms with van der Waals surface area (Å²) in [6.07, 6.45) is 2.16. The Balaban J connectivity index is 0.00000405. The number of carboxylic acid groups (broad SMARTS) is 1. The summed E-state index contributed by atoms with van der Waals surface area (Å²) in [6.45, 7) is -0.570. The van der Waals surface area contributed by atoms with Gasteiger partial charge in [-0.05, 0) is 55.3 Å². The Hall–Kier alpha value is -4.30. The molecule has 1 heterocycles. The molecule has 3 aromatic carbocycles. The number of amides is 2. The summed E-state index contributed by atoms with van der Waals surface area (Å²) in [4.78, 5) is 41.0. The third-order valence-corrected chi connectivity index (χ3v) is 6.68. The molecule has 1 fully saturated rings. The number of aromatic nitrogens is 1. The summed E-state index contributed by atoms with van der Waals surface area (Å²) in [5.74, 6) is -2.37. The van der Waals surface area contributed by atoms with Crippen LogP contribution >= 0.6 is 11.6 Å². The van der Waals surface area contributed by atoms with Gasteiger partial charge in [0.1, 0.15) is 11.2 Å². The maximum atomic E-state index is 15.1. The van der Waals surface area contributed by atoms with Gasteiger partial charge < -0.3 is 30.0 Å². The van der Waals surface area contributed by atoms with Crippen LogP contribution in [-0.4, -0.2) is 60.5 Å². The number of carbonyl (C=O) groups excluding carboxylic acids is 2. The number of benzene rings is 3. The number of hydrogen-bond acceptors (Lipinski definition) is 7. The second-order valence-corrected chi connectivity index (χ2v) is 9.70. The van der Waals surface area contributed by atoms with Crippen LogP contribution in [-0.2, 0) is 14.4 Å². The Bertz CT molecular complexity index is 1680. The van der Waals surface area contributed by atoms with Crippen molar-refractivity contribution in [3.8, 4) is 23.0 Å². The third kappa shape index (κ3) is 6.60. The fourth-order valence-electron chi connectivity index (χ4n) is 4.16. The summed E-state index contributed by atoms with van der Waals surface area (Å²) >= 11 is 5.97. The number of pyridine rings is 1. The molecule has 4 aromatic rings. The molecule has 0 atom stereocenters. The Morgan fingerprint density at radius 3 is 2.29 bits per heavy atom. The zero-order valence-electron chi connectivity index (χ0n) is 21.6. The fourth-order valence-corrected chi connectivity index (χ4v) is 4.35. The van der Waals surface area contributed by atoms with Gasteiger partial charge in [0.2, 0.25) is 11.8 Å². The van der Waals surface area contributed by atoms with Gasteiger partial charge in [-0.1, -0.05) is 17.7 Å². The summed E-state index contributed by atoms with van der Waals surface area (Å²) in [5, 5.41) is 15.1. The van der Waals surface area contributed by atoms with E-state index in [0.717, 1.165) is 6.07 Å². The van der Waals surface area contributed by atoms with Crippen LogP contribution in [0.1, 0.15) is 12.8 Å². The number of nitrogens with zero attached hydrogens (tertiary/aromatic N) is 1. The molecule has 0 radical (unpaired) electrons. The first-order valence-corrected chi connectivity index (χ1v) is 12.7. The number of halogens is 2. The number of methoxy groups -OCH3 is 1. The van der Waals surface area contributed by atoms with E-state index in [4.69, 9.17) is 30.9 Å². The standard InChI is InChI=1S/C29H23ClFN3O7.Li.H/c1-39-24-13-19-21(14-25(24)40-15-26(35)36)32-10-7-22(19)41-23-6-5-18(12-20(23)31)34-28(38)29(8-9-29)27(37)33-17-4-2-3-16(30)11-17;;/h2-7,10-14H,8-9,15H2,1H3,(H,33,37)(H,34,38)(H,35,36);;. The second kappa shape index (κ2) is 12.7. The van der Waals surface area contributed by atoms with Gasteiger partial charge in [0, 0.05) is 40.1 Å². The maximum absolute atomic E-state index is 15.1. The molecule has 1 aliphatic rings. The van der Waals surface area contributed by atoms with Gasteiger partial charge in [0.15, 0.2) is 29.7 Å². The van der Waals surface area contributed by atoms with Gasteiger partial charge in [-0.25, -0.2) is 9.18 Å². The van der Waals surface area contributed by atoms with E-state index in [-0.39, 0.29) is 47.5 Å². The fraction of sp³-hybridized carbons (Fsp3) is 0.172. The van der Waals surface area contributed by atoms with E-state index in [0.29, 0.717) is 34.5 Å². The molecule has 1 saturated carbocycles. The Morgan fingerprint density at radius 1 is 0.952 bits per heavy atom. The van der Waals surface area contributed by atoms with Gasteiger partial charge in [0.05, 0.1) is 12.6 Å². The van der Waals surface area contributed by atoms with E-state index in [1.54, 1.807) is 30.3 Å². The molecule has 0 unspecified atom stereocenters. The van der Waals surface area contributed by atoms with Crippen LogP contribution < -0.4 is 24.8 Å². The molecule has 0 bridgehead atoms. The van der Waals surface area contributed by atoms with Crippen molar-refractivity contribution in [2.75, 3.05) is 24.4 Å². The Morgan fingerprint density at radius 2 is 1.67 bits per heavy atom. The van der Waals surface area contributed by atoms with E-state index in [1.807, 2.05) is 0 Å². The minimum atomic E-state index is -1.25. The molecule has 2 amide bonds. The quantitative estimate of drug-likeness (QED) is 0.174. The van der Waals surface area contributed by atoms with Crippen molar-refractivity contribution in [2.45, 2.75) is 12.8 Å². The molecule has 0 spiro atoms. The van der Waals surface area contributed by atoms with E-state index >= 15 is 4.39 Å². The van der Waals surface area contributed by atoms with Gasteiger partial charge >= 0.3 is 24.8 Å². The predicted octanol–water partition coefficient (Wildman–Crippen LogP) is 5.00. The summed E-state index contributed by atoms with van der Waals surface area (Å²) in [5.41, 5.74) is -0.225. The number of fused-ring (bicyclic) bond motifs is 1. The van der Waals surface area contributed by atoms with Crippen molar-refractivity contribution in [1.82, 2.24) is 4.98 Å². The summed E-state index contributed by atoms with van der Waals surface area (Å²) in [7, 11) is 1.39. The number of hydrogen-bond donors (Lipinski definition) is 3. The normalized spacial score (nSPS) is 12.9. The molecule has 42 heavy (non-hydrogen) atoms. The van der Waals surface area contributed by atoms with Crippen molar-refractivity contribution in [3.63, 3.8) is 0 Å². The number of rotatable bonds is 10. The first kappa shape index (κ1) is 30.7. The minimum absolute atomic E-state index is 0. The van der Waals surface area contributed by atoms with Gasteiger partial charge in [-0.15, -0.1) is 0 Å². The second-order valence-electron chi connectivity index (χ2n) is 9.26. The van der Waals surface area contributed by atoms with Gasteiger partial charge in [-0.3, -0.25) is 14.6 Å². The molecule has 10 nitrogen and oxygen atoms in total. The van der Waals surface area contributed by atoms with E-state index in [2.05, 4.69) is 15.6 Å². The van der Waals surface area contributed by atoms with E-state index in [9.17, 15) is 14.4 Å². The Kier molecular flexibility index (Phi) is 9.26. The molecule has 5 rings (SSSR count). The average molecular weight is 588 g/mol. The van der Waals surface area contributed by atoms with Crippen molar-refractivity contribution >= 4 is 70.5 Å². The molecular formula is C29H24ClFLiN3O7. The molecule has 1 aromatic heterocycles. The summed E-state index contributed by atoms with van der Waals surface area (Å²) < 4.78 is 31.5. The van der Waals surface area contributed by atoms with Crippen LogP contribution in [0.2, 0.25) is 5.02 Å². The van der Waals surface area contributed by atoms with Gasteiger partial charge in [0.25, 0.3) is 0 Å². The Labute approximate surface area is 256 Å². The number of carbonyl (C=O) groups is 3. The van der Waals surface area contributed by atoms with Crippen LogP contribution in [0.4, 0.5) is 15.8 Å². The molecule has 1 aliphatic carbocycles. The monoisotopic (exact) mass is 587 g/mol. The first-order chi connectivity index (χ1) is 19.7. The van der Waals surface area contributed by atoms with Gasteiger partial charge in [-0.2, -0.15) is 0 Å². The third-order valence-electron chi connectivity index (χ3n) is 6.45. The number of aliphatic carboxylic acids is 1. The van der Waals surface area contributed by atoms with E-state index < -0.39 is 35.6 Å². The summed E-state index contributed by atoms with van der Waals surface area (Å²) in [6, 6.07) is 15.1. The molecule has 3 N–H and O–H groups in total. The average Bonchev–Trinajstić information content (AvgIpc) is 3.75. The predicted molar refractivity (Wildman–Crippen MR) is 155 cm³/mol. The van der Waals surface area contributed by atoms with Crippen LogP contribution in [0.3, 0.4) is 0 Å². The topological polar surface area (TPSA) is 136 Å².